The van der Waals surface area contributed by atoms with Crippen LogP contribution >= 0.6 is 0 Å². The number of alkyl halides is 1. The summed E-state index contributed by atoms with van der Waals surface area (Å²) in [5, 5.41) is 0. The second kappa shape index (κ2) is 5.70. The van der Waals surface area contributed by atoms with Crippen LogP contribution in [0, 0.1) is 0 Å². The molecule has 0 fully saturated rings. The molecule has 0 unspecified atom stereocenters. The van der Waals surface area contributed by atoms with Crippen molar-refractivity contribution in [2.24, 2.45) is 5.73 Å². The van der Waals surface area contributed by atoms with Gasteiger partial charge in [0.15, 0.2) is 0 Å². The lowest BCUT2D eigenvalue weighted by atomic mass is 10.1. The highest BCUT2D eigenvalue weighted by Crippen LogP contribution is 2.07. The maximum atomic E-state index is 12.7. The SMILES string of the molecule is NC[C@@H](F)CCCc1ccccc1. The third-order valence-corrected chi connectivity index (χ3v) is 2.08. The first kappa shape index (κ1) is 10.2. The van der Waals surface area contributed by atoms with Crippen LogP contribution < -0.4 is 5.73 Å². The molecule has 13 heavy (non-hydrogen) atoms. The van der Waals surface area contributed by atoms with Gasteiger partial charge in [-0.05, 0) is 24.8 Å². The van der Waals surface area contributed by atoms with Gasteiger partial charge in [0.05, 0.1) is 0 Å². The van der Waals surface area contributed by atoms with Crippen LogP contribution in [0.1, 0.15) is 18.4 Å². The number of benzene rings is 1. The van der Waals surface area contributed by atoms with Crippen molar-refractivity contribution in [3.05, 3.63) is 35.9 Å². The van der Waals surface area contributed by atoms with Crippen molar-refractivity contribution in [3.8, 4) is 0 Å². The van der Waals surface area contributed by atoms with Gasteiger partial charge in [-0.15, -0.1) is 0 Å². The van der Waals surface area contributed by atoms with E-state index in [9.17, 15) is 4.39 Å². The average molecular weight is 181 g/mol. The molecule has 1 aromatic carbocycles. The Morgan fingerprint density at radius 1 is 1.23 bits per heavy atom. The molecular weight excluding hydrogens is 165 g/mol. The molecule has 1 nitrogen and oxygen atoms in total. The molecule has 0 amide bonds. The van der Waals surface area contributed by atoms with E-state index in [1.807, 2.05) is 18.2 Å². The van der Waals surface area contributed by atoms with Crippen molar-refractivity contribution in [2.75, 3.05) is 6.54 Å². The van der Waals surface area contributed by atoms with E-state index >= 15 is 0 Å². The summed E-state index contributed by atoms with van der Waals surface area (Å²) < 4.78 is 12.7. The lowest BCUT2D eigenvalue weighted by Crippen LogP contribution is -2.14. The Hall–Kier alpha value is -0.890. The third-order valence-electron chi connectivity index (χ3n) is 2.08. The van der Waals surface area contributed by atoms with Gasteiger partial charge < -0.3 is 5.73 Å². The summed E-state index contributed by atoms with van der Waals surface area (Å²) in [5.41, 5.74) is 6.45. The van der Waals surface area contributed by atoms with Gasteiger partial charge in [0.2, 0.25) is 0 Å². The molecule has 0 heterocycles. The second-order valence-corrected chi connectivity index (χ2v) is 3.21. The van der Waals surface area contributed by atoms with Crippen LogP contribution in [0.4, 0.5) is 4.39 Å². The van der Waals surface area contributed by atoms with E-state index in [1.54, 1.807) is 0 Å². The molecule has 0 aromatic heterocycles. The molecule has 0 radical (unpaired) electrons. The highest BCUT2D eigenvalue weighted by atomic mass is 19.1. The number of halogens is 1. The van der Waals surface area contributed by atoms with Gasteiger partial charge >= 0.3 is 0 Å². The Morgan fingerprint density at radius 3 is 2.54 bits per heavy atom. The summed E-state index contributed by atoms with van der Waals surface area (Å²) >= 11 is 0. The Morgan fingerprint density at radius 2 is 1.92 bits per heavy atom. The molecule has 2 N–H and O–H groups in total. The summed E-state index contributed by atoms with van der Waals surface area (Å²) in [7, 11) is 0. The number of rotatable bonds is 5. The Kier molecular flexibility index (Phi) is 4.47. The molecule has 0 aliphatic carbocycles. The van der Waals surface area contributed by atoms with Crippen molar-refractivity contribution in [1.29, 1.82) is 0 Å². The number of nitrogens with two attached hydrogens (primary N) is 1. The predicted octanol–water partition coefficient (Wildman–Crippen LogP) is 2.31. The van der Waals surface area contributed by atoms with E-state index in [4.69, 9.17) is 5.73 Å². The smallest absolute Gasteiger partial charge is 0.112 e. The fourth-order valence-corrected chi connectivity index (χ4v) is 1.29. The molecule has 0 bridgehead atoms. The van der Waals surface area contributed by atoms with Gasteiger partial charge in [-0.3, -0.25) is 0 Å². The van der Waals surface area contributed by atoms with Gasteiger partial charge in [-0.1, -0.05) is 30.3 Å². The average Bonchev–Trinajstić information content (AvgIpc) is 2.19. The first-order valence-electron chi connectivity index (χ1n) is 4.71. The zero-order valence-corrected chi connectivity index (χ0v) is 7.75. The number of hydrogen-bond donors (Lipinski definition) is 1. The minimum Gasteiger partial charge on any atom is -0.328 e. The first-order chi connectivity index (χ1) is 6.33. The molecule has 0 saturated heterocycles. The Labute approximate surface area is 78.8 Å². The van der Waals surface area contributed by atoms with Crippen molar-refractivity contribution in [3.63, 3.8) is 0 Å². The highest BCUT2D eigenvalue weighted by molar-refractivity contribution is 5.14. The standard InChI is InChI=1S/C11H16FN/c12-11(9-13)8-4-7-10-5-2-1-3-6-10/h1-3,5-6,11H,4,7-9,13H2/t11-/m0/s1. The maximum absolute atomic E-state index is 12.7. The molecule has 1 aromatic rings. The van der Waals surface area contributed by atoms with Gasteiger partial charge in [0.1, 0.15) is 6.17 Å². The van der Waals surface area contributed by atoms with Crippen LogP contribution in [-0.4, -0.2) is 12.7 Å². The zero-order valence-electron chi connectivity index (χ0n) is 7.75. The fraction of sp³-hybridized carbons (Fsp3) is 0.455. The molecule has 72 valence electrons. The molecule has 2 heteroatoms. The highest BCUT2D eigenvalue weighted by Gasteiger charge is 2.02. The van der Waals surface area contributed by atoms with Crippen LogP contribution in [0.5, 0.6) is 0 Å². The van der Waals surface area contributed by atoms with Gasteiger partial charge in [-0.2, -0.15) is 0 Å². The van der Waals surface area contributed by atoms with Gasteiger partial charge in [0, 0.05) is 6.54 Å². The van der Waals surface area contributed by atoms with Gasteiger partial charge in [-0.25, -0.2) is 4.39 Å². The van der Waals surface area contributed by atoms with E-state index < -0.39 is 6.17 Å². The predicted molar refractivity (Wildman–Crippen MR) is 53.3 cm³/mol. The lowest BCUT2D eigenvalue weighted by Gasteiger charge is -2.04. The summed E-state index contributed by atoms with van der Waals surface area (Å²) in [6, 6.07) is 10.1. The van der Waals surface area contributed by atoms with Crippen molar-refractivity contribution < 1.29 is 4.39 Å². The molecule has 0 spiro atoms. The molecule has 0 aliphatic rings. The summed E-state index contributed by atoms with van der Waals surface area (Å²) in [5.74, 6) is 0. The fourth-order valence-electron chi connectivity index (χ4n) is 1.29. The number of hydrogen-bond acceptors (Lipinski definition) is 1. The van der Waals surface area contributed by atoms with Crippen LogP contribution in [-0.2, 0) is 6.42 Å². The molecule has 0 aliphatic heterocycles. The summed E-state index contributed by atoms with van der Waals surface area (Å²) in [4.78, 5) is 0. The zero-order chi connectivity index (χ0) is 9.52. The second-order valence-electron chi connectivity index (χ2n) is 3.21. The summed E-state index contributed by atoms with van der Waals surface area (Å²) in [6.07, 6.45) is 1.57. The topological polar surface area (TPSA) is 26.0 Å². The minimum atomic E-state index is -0.830. The monoisotopic (exact) mass is 181 g/mol. The molecule has 1 atom stereocenters. The normalized spacial score (nSPS) is 12.8. The van der Waals surface area contributed by atoms with E-state index in [2.05, 4.69) is 12.1 Å². The first-order valence-corrected chi connectivity index (χ1v) is 4.71. The van der Waals surface area contributed by atoms with Crippen LogP contribution in [0.25, 0.3) is 0 Å². The van der Waals surface area contributed by atoms with Gasteiger partial charge in [0.25, 0.3) is 0 Å². The minimum absolute atomic E-state index is 0.148. The molecule has 1 rings (SSSR count). The van der Waals surface area contributed by atoms with Crippen LogP contribution in [0.15, 0.2) is 30.3 Å². The molecule has 0 saturated carbocycles. The van der Waals surface area contributed by atoms with E-state index in [-0.39, 0.29) is 6.54 Å². The van der Waals surface area contributed by atoms with Crippen molar-refractivity contribution in [2.45, 2.75) is 25.4 Å². The lowest BCUT2D eigenvalue weighted by molar-refractivity contribution is 0.316. The van der Waals surface area contributed by atoms with E-state index in [1.165, 1.54) is 5.56 Å². The third kappa shape index (κ3) is 4.04. The largest absolute Gasteiger partial charge is 0.328 e. The number of aryl methyl sites for hydroxylation is 1. The Bertz CT molecular complexity index is 223. The van der Waals surface area contributed by atoms with E-state index in [0.29, 0.717) is 6.42 Å². The molecular formula is C11H16FN. The van der Waals surface area contributed by atoms with E-state index in [0.717, 1.165) is 12.8 Å². The van der Waals surface area contributed by atoms with Crippen LogP contribution in [0.3, 0.4) is 0 Å². The maximum Gasteiger partial charge on any atom is 0.112 e. The van der Waals surface area contributed by atoms with Crippen molar-refractivity contribution in [1.82, 2.24) is 0 Å². The van der Waals surface area contributed by atoms with Crippen LogP contribution in [0.2, 0.25) is 0 Å². The summed E-state index contributed by atoms with van der Waals surface area (Å²) in [6.45, 7) is 0.148. The Balaban J connectivity index is 2.20. The quantitative estimate of drug-likeness (QED) is 0.741. The van der Waals surface area contributed by atoms with Crippen molar-refractivity contribution >= 4 is 0 Å².